The van der Waals surface area contributed by atoms with Crippen LogP contribution in [-0.2, 0) is 11.3 Å². The van der Waals surface area contributed by atoms with Crippen molar-refractivity contribution < 1.29 is 4.79 Å². The Bertz CT molecular complexity index is 714. The molecule has 2 fully saturated rings. The molecule has 0 aliphatic heterocycles. The number of rotatable bonds is 5. The maximum Gasteiger partial charge on any atom is 0.226 e. The lowest BCUT2D eigenvalue weighted by molar-refractivity contribution is -0.134. The van der Waals surface area contributed by atoms with Gasteiger partial charge >= 0.3 is 0 Å². The summed E-state index contributed by atoms with van der Waals surface area (Å²) < 4.78 is 0. The van der Waals surface area contributed by atoms with Gasteiger partial charge in [0.25, 0.3) is 0 Å². The van der Waals surface area contributed by atoms with Gasteiger partial charge in [-0.05, 0) is 55.0 Å². The number of pyridine rings is 1. The zero-order valence-electron chi connectivity index (χ0n) is 12.9. The summed E-state index contributed by atoms with van der Waals surface area (Å²) in [7, 11) is 0. The Morgan fingerprint density at radius 3 is 2.78 bits per heavy atom. The third-order valence-corrected chi connectivity index (χ3v) is 4.95. The van der Waals surface area contributed by atoms with E-state index in [-0.39, 0.29) is 11.8 Å². The van der Waals surface area contributed by atoms with E-state index >= 15 is 0 Å². The summed E-state index contributed by atoms with van der Waals surface area (Å²) >= 11 is 6.07. The average molecular weight is 327 g/mol. The second-order valence-electron chi connectivity index (χ2n) is 6.52. The van der Waals surface area contributed by atoms with Crippen molar-refractivity contribution in [3.63, 3.8) is 0 Å². The molecule has 1 heterocycles. The Balaban J connectivity index is 1.47. The van der Waals surface area contributed by atoms with Gasteiger partial charge in [0.2, 0.25) is 5.91 Å². The summed E-state index contributed by atoms with van der Waals surface area (Å²) in [4.78, 5) is 19.3. The van der Waals surface area contributed by atoms with Crippen molar-refractivity contribution in [1.29, 1.82) is 0 Å². The molecule has 2 saturated carbocycles. The molecule has 1 aromatic carbocycles. The summed E-state index contributed by atoms with van der Waals surface area (Å²) in [6.45, 7) is 0.628. The minimum absolute atomic E-state index is 0.109. The molecule has 4 rings (SSSR count). The van der Waals surface area contributed by atoms with Crippen LogP contribution in [0.2, 0.25) is 5.02 Å². The summed E-state index contributed by atoms with van der Waals surface area (Å²) in [5, 5.41) is 0.744. The highest BCUT2D eigenvalue weighted by molar-refractivity contribution is 6.30. The third-order valence-electron chi connectivity index (χ3n) is 4.71. The van der Waals surface area contributed by atoms with Gasteiger partial charge in [-0.2, -0.15) is 0 Å². The molecule has 0 bridgehead atoms. The van der Waals surface area contributed by atoms with Crippen molar-refractivity contribution in [2.45, 2.75) is 37.8 Å². The van der Waals surface area contributed by atoms with Crippen LogP contribution < -0.4 is 0 Å². The van der Waals surface area contributed by atoms with E-state index in [0.717, 1.165) is 30.0 Å². The van der Waals surface area contributed by atoms with Gasteiger partial charge in [-0.15, -0.1) is 0 Å². The number of amides is 1. The summed E-state index contributed by atoms with van der Waals surface area (Å²) in [6, 6.07) is 14.2. The fourth-order valence-electron chi connectivity index (χ4n) is 3.23. The summed E-state index contributed by atoms with van der Waals surface area (Å²) in [6.07, 6.45) is 4.96. The number of halogens is 1. The Kier molecular flexibility index (Phi) is 3.82. The molecular formula is C19H19ClN2O. The van der Waals surface area contributed by atoms with Gasteiger partial charge < -0.3 is 4.90 Å². The normalized spacial score (nSPS) is 22.7. The van der Waals surface area contributed by atoms with Crippen LogP contribution in [0.5, 0.6) is 0 Å². The van der Waals surface area contributed by atoms with E-state index in [0.29, 0.717) is 18.5 Å². The number of carbonyl (C=O) groups is 1. The van der Waals surface area contributed by atoms with Crippen molar-refractivity contribution in [3.05, 3.63) is 64.9 Å². The SMILES string of the molecule is O=C([C@H]1C[C@@H]1c1cccc(Cl)c1)N(Cc1ccccn1)C1CC1. The van der Waals surface area contributed by atoms with E-state index < -0.39 is 0 Å². The molecule has 0 N–H and O–H groups in total. The topological polar surface area (TPSA) is 33.2 Å². The lowest BCUT2D eigenvalue weighted by Gasteiger charge is -2.22. The van der Waals surface area contributed by atoms with Gasteiger partial charge in [0.05, 0.1) is 12.2 Å². The number of benzene rings is 1. The minimum atomic E-state index is 0.109. The van der Waals surface area contributed by atoms with Gasteiger partial charge in [-0.3, -0.25) is 9.78 Å². The van der Waals surface area contributed by atoms with Gasteiger partial charge in [-0.1, -0.05) is 29.8 Å². The van der Waals surface area contributed by atoms with Crippen LogP contribution in [-0.4, -0.2) is 21.8 Å². The molecule has 0 radical (unpaired) electrons. The van der Waals surface area contributed by atoms with Gasteiger partial charge in [0.15, 0.2) is 0 Å². The van der Waals surface area contributed by atoms with Gasteiger partial charge in [-0.25, -0.2) is 0 Å². The van der Waals surface area contributed by atoms with Crippen molar-refractivity contribution >= 4 is 17.5 Å². The zero-order chi connectivity index (χ0) is 15.8. The van der Waals surface area contributed by atoms with E-state index in [1.54, 1.807) is 6.20 Å². The lowest BCUT2D eigenvalue weighted by Crippen LogP contribution is -2.34. The molecule has 23 heavy (non-hydrogen) atoms. The highest BCUT2D eigenvalue weighted by Gasteiger charge is 2.48. The first-order valence-electron chi connectivity index (χ1n) is 8.18. The number of hydrogen-bond acceptors (Lipinski definition) is 2. The number of nitrogens with zero attached hydrogens (tertiary/aromatic N) is 2. The first-order chi connectivity index (χ1) is 11.2. The smallest absolute Gasteiger partial charge is 0.226 e. The molecule has 4 heteroatoms. The molecule has 3 nitrogen and oxygen atoms in total. The predicted molar refractivity (Wildman–Crippen MR) is 90.1 cm³/mol. The first kappa shape index (κ1) is 14.7. The predicted octanol–water partition coefficient (Wildman–Crippen LogP) is 4.03. The molecule has 0 spiro atoms. The van der Waals surface area contributed by atoms with E-state index in [4.69, 9.17) is 11.6 Å². The second kappa shape index (κ2) is 5.97. The molecule has 0 saturated heterocycles. The van der Waals surface area contributed by atoms with Crippen LogP contribution in [0.4, 0.5) is 0 Å². The zero-order valence-corrected chi connectivity index (χ0v) is 13.6. The van der Waals surface area contributed by atoms with Crippen LogP contribution in [0.1, 0.15) is 36.4 Å². The number of carbonyl (C=O) groups excluding carboxylic acids is 1. The summed E-state index contributed by atoms with van der Waals surface area (Å²) in [5.74, 6) is 0.715. The van der Waals surface area contributed by atoms with Crippen LogP contribution in [0.15, 0.2) is 48.7 Å². The minimum Gasteiger partial charge on any atom is -0.334 e. The molecular weight excluding hydrogens is 308 g/mol. The maximum atomic E-state index is 12.9. The van der Waals surface area contributed by atoms with Crippen molar-refractivity contribution in [3.8, 4) is 0 Å². The first-order valence-corrected chi connectivity index (χ1v) is 8.56. The number of hydrogen-bond donors (Lipinski definition) is 0. The largest absolute Gasteiger partial charge is 0.334 e. The Labute approximate surface area is 141 Å². The molecule has 1 aromatic heterocycles. The molecule has 2 atom stereocenters. The van der Waals surface area contributed by atoms with Crippen LogP contribution in [0.3, 0.4) is 0 Å². The maximum absolute atomic E-state index is 12.9. The van der Waals surface area contributed by atoms with Gasteiger partial charge in [0.1, 0.15) is 0 Å². The van der Waals surface area contributed by atoms with E-state index in [1.165, 1.54) is 5.56 Å². The van der Waals surface area contributed by atoms with E-state index in [1.807, 2.05) is 41.3 Å². The van der Waals surface area contributed by atoms with Crippen LogP contribution in [0, 0.1) is 5.92 Å². The van der Waals surface area contributed by atoms with E-state index in [9.17, 15) is 4.79 Å². The molecule has 0 unspecified atom stereocenters. The number of aromatic nitrogens is 1. The van der Waals surface area contributed by atoms with Crippen molar-refractivity contribution in [2.75, 3.05) is 0 Å². The average Bonchev–Trinajstić information content (AvgIpc) is 3.47. The molecule has 2 aliphatic carbocycles. The fourth-order valence-corrected chi connectivity index (χ4v) is 3.42. The highest BCUT2D eigenvalue weighted by Crippen LogP contribution is 2.50. The molecule has 2 aliphatic rings. The molecule has 1 amide bonds. The van der Waals surface area contributed by atoms with E-state index in [2.05, 4.69) is 11.1 Å². The third kappa shape index (κ3) is 3.25. The van der Waals surface area contributed by atoms with Crippen molar-refractivity contribution in [1.82, 2.24) is 9.88 Å². The standard InChI is InChI=1S/C19H19ClN2O/c20-14-5-3-4-13(10-14)17-11-18(17)19(23)22(16-7-8-16)12-15-6-1-2-9-21-15/h1-6,9-10,16-18H,7-8,11-12H2/t17-,18+/m1/s1. The fraction of sp³-hybridized carbons (Fsp3) is 0.368. The Hall–Kier alpha value is -1.87. The monoisotopic (exact) mass is 326 g/mol. The van der Waals surface area contributed by atoms with Crippen LogP contribution in [0.25, 0.3) is 0 Å². The highest BCUT2D eigenvalue weighted by atomic mass is 35.5. The lowest BCUT2D eigenvalue weighted by atomic mass is 10.1. The van der Waals surface area contributed by atoms with Crippen LogP contribution >= 0.6 is 11.6 Å². The van der Waals surface area contributed by atoms with Gasteiger partial charge in [0, 0.05) is 23.2 Å². The molecule has 2 aromatic rings. The Morgan fingerprint density at radius 1 is 1.22 bits per heavy atom. The quantitative estimate of drug-likeness (QED) is 0.831. The van der Waals surface area contributed by atoms with Crippen molar-refractivity contribution in [2.24, 2.45) is 5.92 Å². The second-order valence-corrected chi connectivity index (χ2v) is 6.96. The summed E-state index contributed by atoms with van der Waals surface area (Å²) in [5.41, 5.74) is 2.15. The Morgan fingerprint density at radius 2 is 2.09 bits per heavy atom. The molecule has 118 valence electrons.